The van der Waals surface area contributed by atoms with Crippen molar-refractivity contribution in [3.8, 4) is 0 Å². The van der Waals surface area contributed by atoms with Crippen molar-refractivity contribution in [3.63, 3.8) is 0 Å². The topological polar surface area (TPSA) is 108 Å². The van der Waals surface area contributed by atoms with E-state index in [9.17, 15) is 18.0 Å². The lowest BCUT2D eigenvalue weighted by molar-refractivity contribution is -0.141. The molecule has 144 valence electrons. The summed E-state index contributed by atoms with van der Waals surface area (Å²) in [5.41, 5.74) is 1.54. The minimum absolute atomic E-state index is 0.0168. The molecule has 3 aromatic rings. The summed E-state index contributed by atoms with van der Waals surface area (Å²) >= 11 is 1.58. The molecule has 0 spiro atoms. The van der Waals surface area contributed by atoms with E-state index in [1.807, 2.05) is 18.4 Å². The molecule has 8 nitrogen and oxygen atoms in total. The van der Waals surface area contributed by atoms with Crippen LogP contribution in [0.3, 0.4) is 0 Å². The molecule has 3 rings (SSSR count). The number of methoxy groups -OCH3 is 1. The Bertz CT molecular complexity index is 1140. The zero-order valence-corrected chi connectivity index (χ0v) is 16.4. The first-order chi connectivity index (χ1) is 12.8. The largest absolute Gasteiger partial charge is 0.468 e. The molecule has 0 unspecified atom stereocenters. The van der Waals surface area contributed by atoms with Gasteiger partial charge >= 0.3 is 11.7 Å². The van der Waals surface area contributed by atoms with Gasteiger partial charge in [-0.3, -0.25) is 9.36 Å². The van der Waals surface area contributed by atoms with E-state index < -0.39 is 21.7 Å². The lowest BCUT2D eigenvalue weighted by Crippen LogP contribution is -2.26. The average Bonchev–Trinajstić information content (AvgIpc) is 3.17. The van der Waals surface area contributed by atoms with Crippen LogP contribution in [0.4, 0.5) is 0 Å². The SMILES string of the molecule is COC(=O)Cn1c(=O)oc2cc(S(=O)(=O)NCCc3sccc3C)ccc21. The molecule has 27 heavy (non-hydrogen) atoms. The zero-order chi connectivity index (χ0) is 19.6. The third kappa shape index (κ3) is 4.12. The molecule has 0 saturated carbocycles. The third-order valence-corrected chi connectivity index (χ3v) is 6.62. The molecule has 10 heteroatoms. The number of carbonyl (C=O) groups excluding carboxylic acids is 1. The first-order valence-electron chi connectivity index (χ1n) is 8.04. The van der Waals surface area contributed by atoms with E-state index in [1.54, 1.807) is 11.3 Å². The minimum atomic E-state index is -3.76. The summed E-state index contributed by atoms with van der Waals surface area (Å²) in [5, 5.41) is 1.97. The van der Waals surface area contributed by atoms with E-state index in [4.69, 9.17) is 4.42 Å². The minimum Gasteiger partial charge on any atom is -0.468 e. The fourth-order valence-corrected chi connectivity index (χ4v) is 4.56. The molecule has 0 atom stereocenters. The van der Waals surface area contributed by atoms with Crippen molar-refractivity contribution in [1.29, 1.82) is 0 Å². The van der Waals surface area contributed by atoms with Crippen molar-refractivity contribution in [2.45, 2.75) is 24.8 Å². The van der Waals surface area contributed by atoms with Crippen molar-refractivity contribution in [2.24, 2.45) is 0 Å². The van der Waals surface area contributed by atoms with Crippen LogP contribution in [0.5, 0.6) is 0 Å². The Labute approximate surface area is 159 Å². The first kappa shape index (κ1) is 19.3. The van der Waals surface area contributed by atoms with E-state index in [-0.39, 0.29) is 23.6 Å². The maximum absolute atomic E-state index is 12.5. The molecule has 0 saturated heterocycles. The molecule has 1 N–H and O–H groups in total. The number of benzene rings is 1. The number of aromatic nitrogens is 1. The summed E-state index contributed by atoms with van der Waals surface area (Å²) in [6.07, 6.45) is 0.593. The summed E-state index contributed by atoms with van der Waals surface area (Å²) < 4.78 is 38.2. The van der Waals surface area contributed by atoms with Gasteiger partial charge in [0.15, 0.2) is 5.58 Å². The molecule has 0 aliphatic carbocycles. The van der Waals surface area contributed by atoms with Gasteiger partial charge in [0.1, 0.15) is 6.54 Å². The van der Waals surface area contributed by atoms with Gasteiger partial charge in [-0.2, -0.15) is 0 Å². The van der Waals surface area contributed by atoms with Crippen LogP contribution in [0, 0.1) is 6.92 Å². The highest BCUT2D eigenvalue weighted by Gasteiger charge is 2.18. The second-order valence-corrected chi connectivity index (χ2v) is 8.60. The number of fused-ring (bicyclic) bond motifs is 1. The van der Waals surface area contributed by atoms with Gasteiger partial charge in [0.2, 0.25) is 10.0 Å². The summed E-state index contributed by atoms with van der Waals surface area (Å²) in [6.45, 7) is 1.93. The fourth-order valence-electron chi connectivity index (χ4n) is 2.60. The molecule has 0 aliphatic rings. The quantitative estimate of drug-likeness (QED) is 0.594. The molecule has 0 bridgehead atoms. The predicted octanol–water partition coefficient (Wildman–Crippen LogP) is 1.66. The van der Waals surface area contributed by atoms with Gasteiger partial charge in [-0.1, -0.05) is 0 Å². The van der Waals surface area contributed by atoms with Gasteiger partial charge < -0.3 is 9.15 Å². The van der Waals surface area contributed by atoms with Gasteiger partial charge in [0.05, 0.1) is 17.5 Å². The Balaban J connectivity index is 1.80. The van der Waals surface area contributed by atoms with Crippen LogP contribution in [-0.2, 0) is 32.5 Å². The number of hydrogen-bond acceptors (Lipinski definition) is 7. The van der Waals surface area contributed by atoms with E-state index in [2.05, 4.69) is 9.46 Å². The van der Waals surface area contributed by atoms with Crippen LogP contribution in [0.15, 0.2) is 43.8 Å². The third-order valence-electron chi connectivity index (χ3n) is 4.08. The van der Waals surface area contributed by atoms with E-state index in [0.717, 1.165) is 15.0 Å². The molecule has 1 aromatic carbocycles. The number of oxazole rings is 1. The van der Waals surface area contributed by atoms with Gasteiger partial charge in [-0.15, -0.1) is 11.3 Å². The van der Waals surface area contributed by atoms with Crippen LogP contribution in [-0.4, -0.2) is 32.6 Å². The standard InChI is InChI=1S/C17H18N2O6S2/c1-11-6-8-26-15(11)5-7-18-27(22,23)12-3-4-13-14(9-12)25-17(21)19(13)10-16(20)24-2/h3-4,6,8-9,18H,5,7,10H2,1-2H3. The van der Waals surface area contributed by atoms with Crippen LogP contribution < -0.4 is 10.5 Å². The van der Waals surface area contributed by atoms with Gasteiger partial charge in [0.25, 0.3) is 0 Å². The Morgan fingerprint density at radius 1 is 1.33 bits per heavy atom. The van der Waals surface area contributed by atoms with Crippen molar-refractivity contribution >= 4 is 38.4 Å². The zero-order valence-electron chi connectivity index (χ0n) is 14.7. The number of carbonyl (C=O) groups is 1. The van der Waals surface area contributed by atoms with Gasteiger partial charge in [-0.25, -0.2) is 17.9 Å². The number of nitrogens with one attached hydrogen (secondary N) is 1. The molecule has 0 fully saturated rings. The van der Waals surface area contributed by atoms with E-state index >= 15 is 0 Å². The van der Waals surface area contributed by atoms with Crippen molar-refractivity contribution in [3.05, 3.63) is 50.6 Å². The lowest BCUT2D eigenvalue weighted by atomic mass is 10.2. The van der Waals surface area contributed by atoms with Crippen molar-refractivity contribution < 1.29 is 22.4 Å². The summed E-state index contributed by atoms with van der Waals surface area (Å²) in [4.78, 5) is 24.4. The Hall–Kier alpha value is -2.43. The molecule has 2 aromatic heterocycles. The maximum atomic E-state index is 12.5. The molecule has 0 amide bonds. The molecule has 2 heterocycles. The lowest BCUT2D eigenvalue weighted by Gasteiger charge is -2.07. The van der Waals surface area contributed by atoms with Gasteiger partial charge in [-0.05, 0) is 42.5 Å². The average molecular weight is 410 g/mol. The highest BCUT2D eigenvalue weighted by molar-refractivity contribution is 7.89. The molecule has 0 aliphatic heterocycles. The van der Waals surface area contributed by atoms with Crippen LogP contribution >= 0.6 is 11.3 Å². The molecular formula is C17H18N2O6S2. The van der Waals surface area contributed by atoms with Gasteiger partial charge in [0, 0.05) is 17.5 Å². The Morgan fingerprint density at radius 3 is 2.78 bits per heavy atom. The normalized spacial score (nSPS) is 11.8. The Morgan fingerprint density at radius 2 is 2.11 bits per heavy atom. The van der Waals surface area contributed by atoms with Crippen molar-refractivity contribution in [1.82, 2.24) is 9.29 Å². The summed E-state index contributed by atoms with van der Waals surface area (Å²) in [6, 6.07) is 6.05. The number of esters is 1. The number of ether oxygens (including phenoxy) is 1. The summed E-state index contributed by atoms with van der Waals surface area (Å²) in [7, 11) is -2.55. The number of thiophene rings is 1. The fraction of sp³-hybridized carbons (Fsp3) is 0.294. The Kier molecular flexibility index (Phi) is 5.49. The van der Waals surface area contributed by atoms with E-state index in [1.165, 1.54) is 25.3 Å². The number of nitrogens with zero attached hydrogens (tertiary/aromatic N) is 1. The molecular weight excluding hydrogens is 392 g/mol. The number of hydrogen-bond donors (Lipinski definition) is 1. The number of aryl methyl sites for hydroxylation is 1. The number of rotatable bonds is 7. The predicted molar refractivity (Wildman–Crippen MR) is 100 cm³/mol. The monoisotopic (exact) mass is 410 g/mol. The van der Waals surface area contributed by atoms with E-state index in [0.29, 0.717) is 11.9 Å². The van der Waals surface area contributed by atoms with Crippen LogP contribution in [0.1, 0.15) is 10.4 Å². The second-order valence-electron chi connectivity index (χ2n) is 5.83. The first-order valence-corrected chi connectivity index (χ1v) is 10.4. The van der Waals surface area contributed by atoms with Crippen molar-refractivity contribution in [2.75, 3.05) is 13.7 Å². The highest BCUT2D eigenvalue weighted by atomic mass is 32.2. The highest BCUT2D eigenvalue weighted by Crippen LogP contribution is 2.19. The van der Waals surface area contributed by atoms with Crippen LogP contribution in [0.2, 0.25) is 0 Å². The van der Waals surface area contributed by atoms with Crippen LogP contribution in [0.25, 0.3) is 11.1 Å². The smallest absolute Gasteiger partial charge is 0.420 e. The second kappa shape index (κ2) is 7.67. The summed E-state index contributed by atoms with van der Waals surface area (Å²) in [5.74, 6) is -1.37. The number of sulfonamides is 1. The molecule has 0 radical (unpaired) electrons. The maximum Gasteiger partial charge on any atom is 0.420 e.